The Morgan fingerprint density at radius 2 is 1.64 bits per heavy atom. The van der Waals surface area contributed by atoms with Crippen LogP contribution in [0.2, 0.25) is 0 Å². The fourth-order valence-electron chi connectivity index (χ4n) is 2.06. The van der Waals surface area contributed by atoms with Gasteiger partial charge in [0.15, 0.2) is 6.10 Å². The van der Waals surface area contributed by atoms with Crippen molar-refractivity contribution in [3.63, 3.8) is 0 Å². The molecule has 1 atom stereocenters. The molecule has 4 nitrogen and oxygen atoms in total. The Kier molecular flexibility index (Phi) is 5.63. The number of nitrogens with zero attached hydrogens (tertiary/aromatic N) is 1. The number of benzene rings is 2. The highest BCUT2D eigenvalue weighted by molar-refractivity contribution is 5.80. The van der Waals surface area contributed by atoms with Crippen molar-refractivity contribution >= 4 is 16.8 Å². The average Bonchev–Trinajstić information content (AvgIpc) is 2.57. The second-order valence-electron chi connectivity index (χ2n) is 4.62. The number of ether oxygens (including phenoxy) is 1. The number of aromatic nitrogens is 1. The largest absolute Gasteiger partial charge is 0.367 e. The lowest BCUT2D eigenvalue weighted by Crippen LogP contribution is -2.22. The number of carbonyl (C=O) groups excluding carboxylic acids is 1. The third-order valence-electron chi connectivity index (χ3n) is 3.11. The molecule has 0 aliphatic rings. The molecule has 112 valence electrons. The summed E-state index contributed by atoms with van der Waals surface area (Å²) in [5.41, 5.74) is 6.96. The molecule has 3 rings (SSSR count). The fraction of sp³-hybridized carbons (Fsp3) is 0.111. The van der Waals surface area contributed by atoms with Gasteiger partial charge in [0.2, 0.25) is 0 Å². The maximum Gasteiger partial charge on any atom is 0.251 e. The van der Waals surface area contributed by atoms with Gasteiger partial charge in [0.1, 0.15) is 0 Å². The van der Waals surface area contributed by atoms with Crippen molar-refractivity contribution < 1.29 is 9.53 Å². The fourth-order valence-corrected chi connectivity index (χ4v) is 2.06. The third kappa shape index (κ3) is 4.14. The molecule has 1 heterocycles. The van der Waals surface area contributed by atoms with E-state index in [-0.39, 0.29) is 0 Å². The first kappa shape index (κ1) is 15.7. The average molecular weight is 294 g/mol. The molecule has 0 fully saturated rings. The molecule has 0 bridgehead atoms. The van der Waals surface area contributed by atoms with E-state index in [1.54, 1.807) is 12.1 Å². The van der Waals surface area contributed by atoms with Crippen molar-refractivity contribution in [2.45, 2.75) is 6.10 Å². The maximum atomic E-state index is 10.8. The van der Waals surface area contributed by atoms with Crippen LogP contribution in [-0.2, 0) is 9.53 Å². The molecule has 2 aromatic carbocycles. The molecule has 4 heteroatoms. The zero-order chi connectivity index (χ0) is 15.8. The number of hydrogen-bond acceptors (Lipinski definition) is 3. The Labute approximate surface area is 129 Å². The van der Waals surface area contributed by atoms with E-state index in [9.17, 15) is 4.79 Å². The van der Waals surface area contributed by atoms with Crippen LogP contribution in [0.25, 0.3) is 10.9 Å². The van der Waals surface area contributed by atoms with Crippen LogP contribution >= 0.6 is 0 Å². The molecule has 3 aromatic rings. The van der Waals surface area contributed by atoms with Gasteiger partial charge in [-0.3, -0.25) is 9.78 Å². The summed E-state index contributed by atoms with van der Waals surface area (Å²) in [5, 5.41) is 1.20. The van der Waals surface area contributed by atoms with E-state index in [0.717, 1.165) is 11.1 Å². The van der Waals surface area contributed by atoms with Gasteiger partial charge in [0.25, 0.3) is 5.91 Å². The minimum absolute atomic E-state index is 0.469. The third-order valence-corrected chi connectivity index (χ3v) is 3.11. The standard InChI is InChI=1S/C9H11NO2.C9H7N/c1-12-8(9(10)11)7-5-3-2-4-6-7;1-2-6-9-8(4-1)5-3-7-10-9/h2-6,8H,1H3,(H2,10,11);1-7H. The summed E-state index contributed by atoms with van der Waals surface area (Å²) in [5.74, 6) is -0.469. The van der Waals surface area contributed by atoms with E-state index in [2.05, 4.69) is 17.1 Å². The molecular weight excluding hydrogens is 276 g/mol. The van der Waals surface area contributed by atoms with E-state index in [1.807, 2.05) is 48.7 Å². The summed E-state index contributed by atoms with van der Waals surface area (Å²) < 4.78 is 4.92. The Morgan fingerprint density at radius 3 is 2.27 bits per heavy atom. The van der Waals surface area contributed by atoms with Crippen molar-refractivity contribution in [2.24, 2.45) is 5.73 Å². The zero-order valence-electron chi connectivity index (χ0n) is 12.3. The van der Waals surface area contributed by atoms with E-state index in [0.29, 0.717) is 0 Å². The number of fused-ring (bicyclic) bond motifs is 1. The number of methoxy groups -OCH3 is 1. The van der Waals surface area contributed by atoms with Crippen LogP contribution in [-0.4, -0.2) is 18.0 Å². The summed E-state index contributed by atoms with van der Waals surface area (Å²) in [6, 6.07) is 21.2. The molecule has 0 saturated carbocycles. The number of amides is 1. The number of para-hydroxylation sites is 1. The summed E-state index contributed by atoms with van der Waals surface area (Å²) in [4.78, 5) is 15.0. The Balaban J connectivity index is 0.000000162. The van der Waals surface area contributed by atoms with Crippen LogP contribution in [0.3, 0.4) is 0 Å². The van der Waals surface area contributed by atoms with Gasteiger partial charge in [-0.2, -0.15) is 0 Å². The Bertz CT molecular complexity index is 664. The second kappa shape index (κ2) is 7.90. The molecule has 1 amide bonds. The first-order chi connectivity index (χ1) is 10.7. The van der Waals surface area contributed by atoms with E-state index in [1.165, 1.54) is 12.5 Å². The monoisotopic (exact) mass is 294 g/mol. The van der Waals surface area contributed by atoms with Crippen LogP contribution < -0.4 is 5.73 Å². The molecule has 0 aliphatic carbocycles. The van der Waals surface area contributed by atoms with Gasteiger partial charge in [-0.05, 0) is 17.7 Å². The summed E-state index contributed by atoms with van der Waals surface area (Å²) >= 11 is 0. The molecular formula is C18H18N2O2. The lowest BCUT2D eigenvalue weighted by molar-refractivity contribution is -0.128. The highest BCUT2D eigenvalue weighted by atomic mass is 16.5. The second-order valence-corrected chi connectivity index (χ2v) is 4.62. The summed E-state index contributed by atoms with van der Waals surface area (Å²) in [6.45, 7) is 0. The molecule has 1 aromatic heterocycles. The predicted octanol–water partition coefficient (Wildman–Crippen LogP) is 3.09. The van der Waals surface area contributed by atoms with Crippen molar-refractivity contribution in [1.82, 2.24) is 4.98 Å². The molecule has 0 spiro atoms. The topological polar surface area (TPSA) is 65.2 Å². The number of rotatable bonds is 3. The van der Waals surface area contributed by atoms with E-state index >= 15 is 0 Å². The SMILES string of the molecule is COC(C(N)=O)c1ccccc1.c1ccc2ncccc2c1. The predicted molar refractivity (Wildman–Crippen MR) is 87.1 cm³/mol. The first-order valence-corrected chi connectivity index (χ1v) is 6.89. The number of carbonyl (C=O) groups is 1. The van der Waals surface area contributed by atoms with Crippen LogP contribution in [0.15, 0.2) is 72.9 Å². The minimum atomic E-state index is -0.633. The van der Waals surface area contributed by atoms with Gasteiger partial charge in [-0.25, -0.2) is 0 Å². The summed E-state index contributed by atoms with van der Waals surface area (Å²) in [6.07, 6.45) is 1.17. The highest BCUT2D eigenvalue weighted by Gasteiger charge is 2.15. The molecule has 0 radical (unpaired) electrons. The zero-order valence-corrected chi connectivity index (χ0v) is 12.3. The Hall–Kier alpha value is -2.72. The molecule has 0 saturated heterocycles. The van der Waals surface area contributed by atoms with Gasteiger partial charge in [-0.1, -0.05) is 54.6 Å². The van der Waals surface area contributed by atoms with Gasteiger partial charge in [0, 0.05) is 18.7 Å². The number of pyridine rings is 1. The normalized spacial score (nSPS) is 11.3. The van der Waals surface area contributed by atoms with Gasteiger partial charge >= 0.3 is 0 Å². The van der Waals surface area contributed by atoms with E-state index in [4.69, 9.17) is 10.5 Å². The molecule has 0 aliphatic heterocycles. The van der Waals surface area contributed by atoms with Crippen molar-refractivity contribution in [3.8, 4) is 0 Å². The molecule has 1 unspecified atom stereocenters. The van der Waals surface area contributed by atoms with Crippen LogP contribution in [0.5, 0.6) is 0 Å². The van der Waals surface area contributed by atoms with E-state index < -0.39 is 12.0 Å². The van der Waals surface area contributed by atoms with Crippen molar-refractivity contribution in [3.05, 3.63) is 78.5 Å². The lowest BCUT2D eigenvalue weighted by atomic mass is 10.1. The first-order valence-electron chi connectivity index (χ1n) is 6.89. The summed E-state index contributed by atoms with van der Waals surface area (Å²) in [7, 11) is 1.46. The minimum Gasteiger partial charge on any atom is -0.367 e. The van der Waals surface area contributed by atoms with Gasteiger partial charge in [-0.15, -0.1) is 0 Å². The van der Waals surface area contributed by atoms with Crippen LogP contribution in [0, 0.1) is 0 Å². The lowest BCUT2D eigenvalue weighted by Gasteiger charge is -2.10. The van der Waals surface area contributed by atoms with Gasteiger partial charge < -0.3 is 10.5 Å². The number of primary amides is 1. The Morgan fingerprint density at radius 1 is 1.00 bits per heavy atom. The van der Waals surface area contributed by atoms with Crippen LogP contribution in [0.4, 0.5) is 0 Å². The number of nitrogens with two attached hydrogens (primary N) is 1. The quantitative estimate of drug-likeness (QED) is 0.807. The molecule has 2 N–H and O–H groups in total. The van der Waals surface area contributed by atoms with Crippen molar-refractivity contribution in [2.75, 3.05) is 7.11 Å². The van der Waals surface area contributed by atoms with Crippen LogP contribution in [0.1, 0.15) is 11.7 Å². The molecule has 22 heavy (non-hydrogen) atoms. The number of hydrogen-bond donors (Lipinski definition) is 1. The maximum absolute atomic E-state index is 10.8. The van der Waals surface area contributed by atoms with Gasteiger partial charge in [0.05, 0.1) is 5.52 Å². The highest BCUT2D eigenvalue weighted by Crippen LogP contribution is 2.14. The smallest absolute Gasteiger partial charge is 0.251 e. The van der Waals surface area contributed by atoms with Crippen molar-refractivity contribution in [1.29, 1.82) is 0 Å².